The standard InChI is InChI=1S/C66H46N2Si/c1-6-23-47(24-7-1)49-27-20-28-50(45-49)56-38-21-37-55(48-25-8-2-9-26-48)66(56)68-60-39-18-16-35-57(60)59-46-51(43-44-62(59)68)67-61-40-19-17-36-58(61)65-63(67)41-22-42-64(65)69(52-29-10-3-11-30-52,53-31-12-4-13-32-53)54-33-14-5-15-34-54/h1-46H. The molecule has 3 heteroatoms. The molecule has 0 atom stereocenters. The van der Waals surface area contributed by atoms with Gasteiger partial charge in [0.25, 0.3) is 0 Å². The van der Waals surface area contributed by atoms with Crippen molar-refractivity contribution in [3.8, 4) is 44.8 Å². The Labute approximate surface area is 403 Å². The average molecular weight is 895 g/mol. The molecular formula is C66H46N2Si. The summed E-state index contributed by atoms with van der Waals surface area (Å²) in [6.07, 6.45) is 0. The van der Waals surface area contributed by atoms with E-state index in [-0.39, 0.29) is 0 Å². The Morgan fingerprint density at radius 1 is 0.261 bits per heavy atom. The summed E-state index contributed by atoms with van der Waals surface area (Å²) in [4.78, 5) is 0. The molecule has 0 fully saturated rings. The van der Waals surface area contributed by atoms with Gasteiger partial charge in [0.05, 0.1) is 27.8 Å². The van der Waals surface area contributed by atoms with Crippen LogP contribution in [0.5, 0.6) is 0 Å². The minimum atomic E-state index is -2.89. The molecule has 0 saturated heterocycles. The second-order valence-electron chi connectivity index (χ2n) is 18.0. The summed E-state index contributed by atoms with van der Waals surface area (Å²) in [7, 11) is -2.89. The van der Waals surface area contributed by atoms with Gasteiger partial charge in [-0.15, -0.1) is 0 Å². The molecule has 0 amide bonds. The molecule has 2 aromatic heterocycles. The molecule has 0 aliphatic heterocycles. The highest BCUT2D eigenvalue weighted by Crippen LogP contribution is 2.43. The molecule has 0 unspecified atom stereocenters. The van der Waals surface area contributed by atoms with Crippen molar-refractivity contribution in [2.24, 2.45) is 0 Å². The van der Waals surface area contributed by atoms with Gasteiger partial charge in [-0.3, -0.25) is 0 Å². The first-order valence-corrected chi connectivity index (χ1v) is 25.8. The molecular weight excluding hydrogens is 849 g/mol. The minimum absolute atomic E-state index is 1.13. The van der Waals surface area contributed by atoms with E-state index in [0.29, 0.717) is 0 Å². The highest BCUT2D eigenvalue weighted by Gasteiger charge is 2.43. The third-order valence-corrected chi connectivity index (χ3v) is 19.1. The van der Waals surface area contributed by atoms with Gasteiger partial charge in [0.2, 0.25) is 0 Å². The fourth-order valence-corrected chi connectivity index (χ4v) is 16.3. The summed E-state index contributed by atoms with van der Waals surface area (Å²) < 4.78 is 5.03. The maximum Gasteiger partial charge on any atom is 0.180 e. The number of rotatable bonds is 9. The normalized spacial score (nSPS) is 11.8. The number of fused-ring (bicyclic) bond motifs is 6. The molecule has 0 N–H and O–H groups in total. The topological polar surface area (TPSA) is 9.86 Å². The van der Waals surface area contributed by atoms with Crippen LogP contribution >= 0.6 is 0 Å². The lowest BCUT2D eigenvalue weighted by Gasteiger charge is -2.35. The van der Waals surface area contributed by atoms with Crippen LogP contribution in [0.2, 0.25) is 0 Å². The van der Waals surface area contributed by atoms with Crippen LogP contribution in [0, 0.1) is 0 Å². The zero-order valence-corrected chi connectivity index (χ0v) is 39.0. The van der Waals surface area contributed by atoms with Crippen LogP contribution in [0.4, 0.5) is 0 Å². The van der Waals surface area contributed by atoms with Crippen LogP contribution in [-0.2, 0) is 0 Å². The van der Waals surface area contributed by atoms with Crippen molar-refractivity contribution in [1.29, 1.82) is 0 Å². The third-order valence-electron chi connectivity index (χ3n) is 14.3. The molecule has 0 radical (unpaired) electrons. The predicted octanol–water partition coefficient (Wildman–Crippen LogP) is 14.3. The van der Waals surface area contributed by atoms with Gasteiger partial charge in [0.1, 0.15) is 0 Å². The first-order valence-electron chi connectivity index (χ1n) is 23.8. The molecule has 0 bridgehead atoms. The second kappa shape index (κ2) is 16.8. The largest absolute Gasteiger partial charge is 0.309 e. The lowest BCUT2D eigenvalue weighted by atomic mass is 9.93. The van der Waals surface area contributed by atoms with Crippen molar-refractivity contribution >= 4 is 72.4 Å². The van der Waals surface area contributed by atoms with E-state index in [2.05, 4.69) is 288 Å². The van der Waals surface area contributed by atoms with Gasteiger partial charge in [0, 0.05) is 38.4 Å². The fourth-order valence-electron chi connectivity index (χ4n) is 11.3. The lowest BCUT2D eigenvalue weighted by molar-refractivity contribution is 1.17. The number of aromatic nitrogens is 2. The van der Waals surface area contributed by atoms with Crippen molar-refractivity contribution in [2.45, 2.75) is 0 Å². The van der Waals surface area contributed by atoms with Crippen LogP contribution in [-0.4, -0.2) is 17.2 Å². The van der Waals surface area contributed by atoms with Gasteiger partial charge in [-0.2, -0.15) is 0 Å². The van der Waals surface area contributed by atoms with E-state index in [0.717, 1.165) is 11.2 Å². The Hall–Kier alpha value is -8.76. The predicted molar refractivity (Wildman–Crippen MR) is 295 cm³/mol. The number of nitrogens with zero attached hydrogens (tertiary/aromatic N) is 2. The SMILES string of the molecule is c1ccc(-c2cccc(-c3cccc(-c4ccccc4)c3-n3c4ccccc4c4cc(-n5c6ccccc6c6c([Si](c7ccccc7)(c7ccccc7)c7ccccc7)cccc65)ccc43)c2)cc1. The van der Waals surface area contributed by atoms with Crippen molar-refractivity contribution in [3.05, 3.63) is 279 Å². The molecule has 324 valence electrons. The first-order chi connectivity index (χ1) is 34.3. The summed E-state index contributed by atoms with van der Waals surface area (Å²) >= 11 is 0. The van der Waals surface area contributed by atoms with Crippen LogP contribution < -0.4 is 20.7 Å². The molecule has 2 heterocycles. The maximum atomic E-state index is 2.52. The van der Waals surface area contributed by atoms with E-state index >= 15 is 0 Å². The first kappa shape index (κ1) is 40.5. The Balaban J connectivity index is 1.08. The molecule has 0 spiro atoms. The van der Waals surface area contributed by atoms with Gasteiger partial charge in [-0.1, -0.05) is 237 Å². The molecule has 13 aromatic rings. The van der Waals surface area contributed by atoms with Crippen LogP contribution in [0.1, 0.15) is 0 Å². The highest BCUT2D eigenvalue weighted by molar-refractivity contribution is 7.20. The van der Waals surface area contributed by atoms with E-state index < -0.39 is 8.07 Å². The molecule has 11 aromatic carbocycles. The number of hydrogen-bond donors (Lipinski definition) is 0. The zero-order chi connectivity index (χ0) is 45.7. The van der Waals surface area contributed by atoms with Gasteiger partial charge in [-0.25, -0.2) is 0 Å². The molecule has 2 nitrogen and oxygen atoms in total. The average Bonchev–Trinajstić information content (AvgIpc) is 3.95. The maximum absolute atomic E-state index is 2.89. The van der Waals surface area contributed by atoms with Crippen LogP contribution in [0.3, 0.4) is 0 Å². The highest BCUT2D eigenvalue weighted by atomic mass is 28.3. The fraction of sp³-hybridized carbons (Fsp3) is 0. The Morgan fingerprint density at radius 3 is 1.35 bits per heavy atom. The van der Waals surface area contributed by atoms with Crippen molar-refractivity contribution in [3.63, 3.8) is 0 Å². The third kappa shape index (κ3) is 6.54. The number of benzene rings is 11. The van der Waals surface area contributed by atoms with Gasteiger partial charge >= 0.3 is 0 Å². The molecule has 0 aliphatic carbocycles. The number of para-hydroxylation sites is 3. The van der Waals surface area contributed by atoms with E-state index in [1.807, 2.05) is 0 Å². The Bertz CT molecular complexity index is 3890. The molecule has 69 heavy (non-hydrogen) atoms. The Morgan fingerprint density at radius 2 is 0.710 bits per heavy atom. The number of hydrogen-bond acceptors (Lipinski definition) is 0. The molecule has 13 rings (SSSR count). The van der Waals surface area contributed by atoms with Crippen molar-refractivity contribution in [1.82, 2.24) is 9.13 Å². The van der Waals surface area contributed by atoms with Gasteiger partial charge in [0.15, 0.2) is 8.07 Å². The van der Waals surface area contributed by atoms with Crippen LogP contribution in [0.25, 0.3) is 88.4 Å². The van der Waals surface area contributed by atoms with Gasteiger partial charge in [-0.05, 0) is 85.5 Å². The monoisotopic (exact) mass is 894 g/mol. The Kier molecular flexibility index (Phi) is 9.88. The van der Waals surface area contributed by atoms with E-state index in [1.54, 1.807) is 0 Å². The molecule has 0 saturated carbocycles. The van der Waals surface area contributed by atoms with Crippen molar-refractivity contribution in [2.75, 3.05) is 0 Å². The van der Waals surface area contributed by atoms with E-state index in [4.69, 9.17) is 0 Å². The summed E-state index contributed by atoms with van der Waals surface area (Å²) in [5, 5.41) is 10.5. The zero-order valence-electron chi connectivity index (χ0n) is 38.0. The summed E-state index contributed by atoms with van der Waals surface area (Å²) in [5.41, 5.74) is 14.1. The quantitative estimate of drug-likeness (QED) is 0.101. The minimum Gasteiger partial charge on any atom is -0.309 e. The summed E-state index contributed by atoms with van der Waals surface area (Å²) in [6.45, 7) is 0. The van der Waals surface area contributed by atoms with E-state index in [1.165, 1.54) is 97.9 Å². The van der Waals surface area contributed by atoms with Crippen molar-refractivity contribution < 1.29 is 0 Å². The molecule has 0 aliphatic rings. The smallest absolute Gasteiger partial charge is 0.180 e. The van der Waals surface area contributed by atoms with Crippen LogP contribution in [0.15, 0.2) is 279 Å². The van der Waals surface area contributed by atoms with E-state index in [9.17, 15) is 0 Å². The lowest BCUT2D eigenvalue weighted by Crippen LogP contribution is -2.74. The second-order valence-corrected chi connectivity index (χ2v) is 21.7. The summed E-state index contributed by atoms with van der Waals surface area (Å²) in [5.74, 6) is 0. The summed E-state index contributed by atoms with van der Waals surface area (Å²) in [6, 6.07) is 103. The van der Waals surface area contributed by atoms with Gasteiger partial charge < -0.3 is 9.13 Å².